The Bertz CT molecular complexity index is 1560. The Hall–Kier alpha value is -4.10. The number of nitrogens with zero attached hydrogens (tertiary/aromatic N) is 2. The van der Waals surface area contributed by atoms with Crippen molar-refractivity contribution in [3.05, 3.63) is 64.0 Å². The number of aryl methyl sites for hydroxylation is 1. The lowest BCUT2D eigenvalue weighted by Gasteiger charge is -2.17. The van der Waals surface area contributed by atoms with E-state index in [-0.39, 0.29) is 17.2 Å². The Morgan fingerprint density at radius 2 is 1.82 bits per heavy atom. The number of hydrogen-bond donors (Lipinski definition) is 5. The molecule has 2 aromatic heterocycles. The number of thiophene rings is 1. The molecule has 5 N–H and O–H groups in total. The van der Waals surface area contributed by atoms with Crippen molar-refractivity contribution in [2.75, 3.05) is 35.5 Å². The lowest BCUT2D eigenvalue weighted by atomic mass is 10.1. The van der Waals surface area contributed by atoms with Crippen LogP contribution in [-0.4, -0.2) is 47.2 Å². The molecule has 0 radical (unpaired) electrons. The Morgan fingerprint density at radius 1 is 1.05 bits per heavy atom. The van der Waals surface area contributed by atoms with Gasteiger partial charge in [-0.2, -0.15) is 18.3 Å². The first kappa shape index (κ1) is 26.5. The Labute approximate surface area is 225 Å². The molecule has 204 valence electrons. The minimum atomic E-state index is -4.63. The van der Waals surface area contributed by atoms with Crippen LogP contribution in [0.3, 0.4) is 0 Å². The van der Waals surface area contributed by atoms with Gasteiger partial charge in [-0.15, -0.1) is 11.3 Å². The summed E-state index contributed by atoms with van der Waals surface area (Å²) in [5.74, 6) is -0.348. The summed E-state index contributed by atoms with van der Waals surface area (Å²) in [5.41, 5.74) is 4.32. The molecule has 0 spiro atoms. The number of carbonyl (C=O) groups excluding carboxylic acids is 2. The first-order valence-corrected chi connectivity index (χ1v) is 13.0. The molecule has 4 aromatic rings. The van der Waals surface area contributed by atoms with Crippen LogP contribution in [0.1, 0.15) is 44.7 Å². The van der Waals surface area contributed by atoms with Gasteiger partial charge in [-0.3, -0.25) is 14.7 Å². The van der Waals surface area contributed by atoms with Gasteiger partial charge in [-0.1, -0.05) is 6.07 Å². The van der Waals surface area contributed by atoms with E-state index in [1.807, 2.05) is 0 Å². The van der Waals surface area contributed by atoms with E-state index < -0.39 is 17.6 Å². The zero-order valence-electron chi connectivity index (χ0n) is 21.3. The highest BCUT2D eigenvalue weighted by Gasteiger charge is 2.32. The summed E-state index contributed by atoms with van der Waals surface area (Å²) in [4.78, 5) is 26.1. The average molecular weight is 558 g/mol. The van der Waals surface area contributed by atoms with Gasteiger partial charge < -0.3 is 21.4 Å². The molecule has 0 bridgehead atoms. The number of hydrazine groups is 1. The van der Waals surface area contributed by atoms with Gasteiger partial charge >= 0.3 is 6.18 Å². The van der Waals surface area contributed by atoms with Gasteiger partial charge in [0.1, 0.15) is 0 Å². The number of halogens is 3. The summed E-state index contributed by atoms with van der Waals surface area (Å²) in [7, 11) is 3.25. The molecule has 9 nitrogen and oxygen atoms in total. The minimum Gasteiger partial charge on any atom is -0.365 e. The number of anilines is 4. The first-order valence-electron chi connectivity index (χ1n) is 12.1. The lowest BCUT2D eigenvalue weighted by molar-refractivity contribution is -0.137. The van der Waals surface area contributed by atoms with Gasteiger partial charge in [0.05, 0.1) is 27.0 Å². The predicted octanol–water partition coefficient (Wildman–Crippen LogP) is 5.92. The summed E-state index contributed by atoms with van der Waals surface area (Å²) in [6.45, 7) is 1.80. The molecular formula is C26H26F3N7O2S. The zero-order chi connectivity index (χ0) is 27.9. The van der Waals surface area contributed by atoms with Crippen LogP contribution in [0.2, 0.25) is 0 Å². The van der Waals surface area contributed by atoms with Crippen LogP contribution in [0.4, 0.5) is 36.1 Å². The number of amides is 2. The van der Waals surface area contributed by atoms with Gasteiger partial charge in [0.15, 0.2) is 5.82 Å². The van der Waals surface area contributed by atoms with Crippen LogP contribution in [-0.2, 0) is 6.18 Å². The van der Waals surface area contributed by atoms with Crippen molar-refractivity contribution < 1.29 is 22.8 Å². The second-order valence-corrected chi connectivity index (χ2v) is 10.5. The molecule has 0 unspecified atom stereocenters. The second-order valence-electron chi connectivity index (χ2n) is 9.59. The average Bonchev–Trinajstić information content (AvgIpc) is 3.44. The van der Waals surface area contributed by atoms with Crippen molar-refractivity contribution >= 4 is 56.2 Å². The predicted molar refractivity (Wildman–Crippen MR) is 146 cm³/mol. The van der Waals surface area contributed by atoms with Crippen molar-refractivity contribution in [2.24, 2.45) is 0 Å². The molecule has 1 fully saturated rings. The van der Waals surface area contributed by atoms with Gasteiger partial charge in [-0.25, -0.2) is 5.01 Å². The second kappa shape index (κ2) is 10.2. The van der Waals surface area contributed by atoms with E-state index in [2.05, 4.69) is 31.6 Å². The van der Waals surface area contributed by atoms with E-state index in [1.165, 1.54) is 22.4 Å². The van der Waals surface area contributed by atoms with Crippen molar-refractivity contribution in [3.63, 3.8) is 0 Å². The van der Waals surface area contributed by atoms with E-state index in [4.69, 9.17) is 0 Å². The van der Waals surface area contributed by atoms with E-state index in [0.29, 0.717) is 28.5 Å². The Morgan fingerprint density at radius 3 is 2.51 bits per heavy atom. The van der Waals surface area contributed by atoms with Crippen LogP contribution in [0.5, 0.6) is 0 Å². The number of aromatic amines is 1. The van der Waals surface area contributed by atoms with Crippen molar-refractivity contribution in [3.8, 4) is 0 Å². The SMILES string of the molecule is Cc1ccc(NC(=O)c2cc(NN(C)C)cc(C(F)(F)F)c2)cc1NC(=O)c1csc2c(NC3CC3)n[nH]c12. The minimum absolute atomic E-state index is 0.119. The van der Waals surface area contributed by atoms with Gasteiger partial charge in [0.2, 0.25) is 0 Å². The summed E-state index contributed by atoms with van der Waals surface area (Å²) in [5, 5.41) is 19.3. The molecule has 2 aromatic carbocycles. The normalized spacial score (nSPS) is 13.5. The Kier molecular flexibility index (Phi) is 6.95. The maximum atomic E-state index is 13.4. The number of benzene rings is 2. The number of rotatable bonds is 8. The van der Waals surface area contributed by atoms with Crippen LogP contribution in [0.25, 0.3) is 10.2 Å². The van der Waals surface area contributed by atoms with Crippen LogP contribution in [0, 0.1) is 6.92 Å². The highest BCUT2D eigenvalue weighted by molar-refractivity contribution is 7.18. The van der Waals surface area contributed by atoms with Crippen LogP contribution in [0.15, 0.2) is 41.8 Å². The quantitative estimate of drug-likeness (QED) is 0.172. The van der Waals surface area contributed by atoms with E-state index in [9.17, 15) is 22.8 Å². The fraction of sp³-hybridized carbons (Fsp3) is 0.269. The molecule has 13 heteroatoms. The first-order chi connectivity index (χ1) is 18.5. The molecule has 2 heterocycles. The molecule has 5 rings (SSSR count). The van der Waals surface area contributed by atoms with Gasteiger partial charge in [0.25, 0.3) is 11.8 Å². The van der Waals surface area contributed by atoms with Crippen LogP contribution < -0.4 is 21.4 Å². The van der Waals surface area contributed by atoms with Crippen molar-refractivity contribution in [1.82, 2.24) is 15.2 Å². The lowest BCUT2D eigenvalue weighted by Crippen LogP contribution is -2.21. The van der Waals surface area contributed by atoms with Crippen molar-refractivity contribution in [2.45, 2.75) is 32.0 Å². The smallest absolute Gasteiger partial charge is 0.365 e. The number of hydrogen-bond acceptors (Lipinski definition) is 7. The molecule has 39 heavy (non-hydrogen) atoms. The monoisotopic (exact) mass is 557 g/mol. The number of H-pyrrole nitrogens is 1. The molecule has 0 saturated heterocycles. The standard InChI is InChI=1S/C26H26F3N7O2S/c1-13-4-5-17(31-24(37)14-8-15(26(27,28)29)10-18(9-14)35-36(2)3)11-20(13)32-25(38)19-12-39-22-21(19)33-34-23(22)30-16-6-7-16/h4-5,8-12,16,35H,6-7H2,1-3H3,(H,31,37)(H,32,38)(H2,30,33,34). The molecule has 0 atom stereocenters. The third-order valence-corrected chi connectivity index (χ3v) is 7.05. The summed E-state index contributed by atoms with van der Waals surface area (Å²) < 4.78 is 41.2. The molecule has 0 aliphatic heterocycles. The van der Waals surface area contributed by atoms with Gasteiger partial charge in [-0.05, 0) is 55.7 Å². The van der Waals surface area contributed by atoms with E-state index >= 15 is 0 Å². The molecule has 1 aliphatic carbocycles. The van der Waals surface area contributed by atoms with Crippen molar-refractivity contribution in [1.29, 1.82) is 0 Å². The highest BCUT2D eigenvalue weighted by atomic mass is 32.1. The maximum absolute atomic E-state index is 13.4. The Balaban J connectivity index is 1.34. The fourth-order valence-corrected chi connectivity index (χ4v) is 4.91. The fourth-order valence-electron chi connectivity index (χ4n) is 3.96. The molecule has 1 saturated carbocycles. The zero-order valence-corrected chi connectivity index (χ0v) is 22.1. The topological polar surface area (TPSA) is 114 Å². The summed E-state index contributed by atoms with van der Waals surface area (Å²) >= 11 is 1.41. The van der Waals surface area contributed by atoms with Gasteiger partial charge in [0, 0.05) is 42.5 Å². The van der Waals surface area contributed by atoms with E-state index in [1.54, 1.807) is 44.6 Å². The number of nitrogens with one attached hydrogen (secondary N) is 5. The molecule has 2 amide bonds. The maximum Gasteiger partial charge on any atom is 0.416 e. The third kappa shape index (κ3) is 5.99. The third-order valence-electron chi connectivity index (χ3n) is 6.07. The number of aromatic nitrogens is 2. The molecule has 1 aliphatic rings. The van der Waals surface area contributed by atoms with Crippen LogP contribution >= 0.6 is 11.3 Å². The number of carbonyl (C=O) groups is 2. The number of fused-ring (bicyclic) bond motifs is 1. The summed E-state index contributed by atoms with van der Waals surface area (Å²) in [6.07, 6.45) is -2.43. The number of alkyl halides is 3. The largest absolute Gasteiger partial charge is 0.416 e. The van der Waals surface area contributed by atoms with E-state index in [0.717, 1.165) is 41.1 Å². The summed E-state index contributed by atoms with van der Waals surface area (Å²) in [6, 6.07) is 8.36. The highest BCUT2D eigenvalue weighted by Crippen LogP contribution is 2.35. The molecular weight excluding hydrogens is 531 g/mol.